The van der Waals surface area contributed by atoms with Crippen LogP contribution >= 0.6 is 0 Å². The highest BCUT2D eigenvalue weighted by molar-refractivity contribution is 5.82. The van der Waals surface area contributed by atoms with E-state index in [9.17, 15) is 0 Å². The van der Waals surface area contributed by atoms with Crippen molar-refractivity contribution in [2.24, 2.45) is 0 Å². The maximum atomic E-state index is 5.68. The van der Waals surface area contributed by atoms with Crippen molar-refractivity contribution in [3.05, 3.63) is 60.6 Å². The van der Waals surface area contributed by atoms with Crippen LogP contribution in [0, 0.1) is 0 Å². The fourth-order valence-corrected chi connectivity index (χ4v) is 1.84. The molecule has 84 valence electrons. The summed E-state index contributed by atoms with van der Waals surface area (Å²) in [6, 6.07) is 12.0. The molecule has 0 bridgehead atoms. The van der Waals surface area contributed by atoms with Crippen LogP contribution < -0.4 is 4.74 Å². The van der Waals surface area contributed by atoms with Crippen LogP contribution in [0.3, 0.4) is 0 Å². The summed E-state index contributed by atoms with van der Waals surface area (Å²) < 4.78 is 5.68. The van der Waals surface area contributed by atoms with Crippen LogP contribution in [-0.4, -0.2) is 9.97 Å². The van der Waals surface area contributed by atoms with Gasteiger partial charge in [0.15, 0.2) is 0 Å². The maximum Gasteiger partial charge on any atom is 0.138 e. The molecule has 17 heavy (non-hydrogen) atoms. The summed E-state index contributed by atoms with van der Waals surface area (Å²) in [7, 11) is 0. The van der Waals surface area contributed by atoms with Crippen LogP contribution in [0.4, 0.5) is 0 Å². The zero-order chi connectivity index (χ0) is 11.5. The van der Waals surface area contributed by atoms with Gasteiger partial charge in [0.05, 0.1) is 6.20 Å². The largest absolute Gasteiger partial charge is 0.487 e. The summed E-state index contributed by atoms with van der Waals surface area (Å²) in [5.41, 5.74) is 2.29. The number of rotatable bonds is 3. The Bertz CT molecular complexity index is 616. The first-order valence-corrected chi connectivity index (χ1v) is 5.51. The summed E-state index contributed by atoms with van der Waals surface area (Å²) >= 11 is 0. The van der Waals surface area contributed by atoms with Crippen molar-refractivity contribution in [3.63, 3.8) is 0 Å². The predicted octanol–water partition coefficient (Wildman–Crippen LogP) is 3.14. The van der Waals surface area contributed by atoms with Crippen molar-refractivity contribution in [2.75, 3.05) is 0 Å². The second-order valence-corrected chi connectivity index (χ2v) is 3.84. The Balaban J connectivity index is 1.82. The molecule has 3 nitrogen and oxygen atoms in total. The highest BCUT2D eigenvalue weighted by Gasteiger charge is 2.03. The molecule has 0 fully saturated rings. The molecule has 3 aromatic rings. The number of benzene rings is 1. The van der Waals surface area contributed by atoms with Crippen molar-refractivity contribution >= 4 is 10.9 Å². The Morgan fingerprint density at radius 2 is 2.06 bits per heavy atom. The van der Waals surface area contributed by atoms with E-state index in [1.54, 1.807) is 12.4 Å². The number of hydrogen-bond acceptors (Lipinski definition) is 2. The van der Waals surface area contributed by atoms with E-state index in [-0.39, 0.29) is 0 Å². The summed E-state index contributed by atoms with van der Waals surface area (Å²) in [6.07, 6.45) is 5.44. The van der Waals surface area contributed by atoms with Crippen LogP contribution in [0.15, 0.2) is 55.0 Å². The van der Waals surface area contributed by atoms with E-state index in [4.69, 9.17) is 4.74 Å². The van der Waals surface area contributed by atoms with Gasteiger partial charge in [0.2, 0.25) is 0 Å². The molecule has 0 aliphatic rings. The molecular weight excluding hydrogens is 212 g/mol. The van der Waals surface area contributed by atoms with Crippen LogP contribution in [0.25, 0.3) is 10.9 Å². The number of H-pyrrole nitrogens is 1. The minimum Gasteiger partial charge on any atom is -0.487 e. The normalized spacial score (nSPS) is 10.6. The van der Waals surface area contributed by atoms with Gasteiger partial charge < -0.3 is 9.72 Å². The molecule has 2 aromatic heterocycles. The molecule has 0 radical (unpaired) electrons. The highest BCUT2D eigenvalue weighted by Crippen LogP contribution is 2.19. The van der Waals surface area contributed by atoms with E-state index in [0.717, 1.165) is 16.8 Å². The van der Waals surface area contributed by atoms with E-state index in [1.165, 1.54) is 5.39 Å². The lowest BCUT2D eigenvalue weighted by molar-refractivity contribution is 0.306. The van der Waals surface area contributed by atoms with Gasteiger partial charge in [-0.15, -0.1) is 0 Å². The van der Waals surface area contributed by atoms with Gasteiger partial charge in [0.1, 0.15) is 12.4 Å². The minimum atomic E-state index is 0.551. The van der Waals surface area contributed by atoms with Gasteiger partial charge in [0, 0.05) is 28.9 Å². The monoisotopic (exact) mass is 224 g/mol. The first kappa shape index (κ1) is 9.90. The first-order chi connectivity index (χ1) is 8.43. The van der Waals surface area contributed by atoms with Crippen LogP contribution in [0.2, 0.25) is 0 Å². The number of hydrogen-bond donors (Lipinski definition) is 1. The lowest BCUT2D eigenvalue weighted by Gasteiger charge is -2.04. The van der Waals surface area contributed by atoms with E-state index in [0.29, 0.717) is 6.61 Å². The molecule has 0 aliphatic heterocycles. The van der Waals surface area contributed by atoms with Crippen molar-refractivity contribution in [2.45, 2.75) is 6.61 Å². The average molecular weight is 224 g/mol. The van der Waals surface area contributed by atoms with Gasteiger partial charge in [-0.25, -0.2) is 0 Å². The summed E-state index contributed by atoms with van der Waals surface area (Å²) in [5, 5.41) is 1.20. The van der Waals surface area contributed by atoms with Gasteiger partial charge in [-0.2, -0.15) is 0 Å². The molecule has 3 rings (SSSR count). The molecule has 1 aromatic carbocycles. The minimum absolute atomic E-state index is 0.551. The number of fused-ring (bicyclic) bond motifs is 1. The molecule has 0 amide bonds. The third-order valence-electron chi connectivity index (χ3n) is 2.70. The van der Waals surface area contributed by atoms with E-state index >= 15 is 0 Å². The Labute approximate surface area is 99.1 Å². The van der Waals surface area contributed by atoms with Gasteiger partial charge >= 0.3 is 0 Å². The molecule has 0 spiro atoms. The molecule has 1 N–H and O–H groups in total. The molecule has 3 heteroatoms. The highest BCUT2D eigenvalue weighted by atomic mass is 16.5. The van der Waals surface area contributed by atoms with E-state index in [1.807, 2.05) is 30.5 Å². The summed E-state index contributed by atoms with van der Waals surface area (Å²) in [6.45, 7) is 0.551. The van der Waals surface area contributed by atoms with Crippen molar-refractivity contribution in [1.82, 2.24) is 9.97 Å². The number of aromatic nitrogens is 2. The van der Waals surface area contributed by atoms with Crippen LogP contribution in [0.1, 0.15) is 5.56 Å². The third-order valence-corrected chi connectivity index (χ3v) is 2.70. The number of nitrogens with zero attached hydrogens (tertiary/aromatic N) is 1. The van der Waals surface area contributed by atoms with Crippen molar-refractivity contribution < 1.29 is 4.74 Å². The number of nitrogens with one attached hydrogen (secondary N) is 1. The molecule has 0 aliphatic carbocycles. The molecule has 0 unspecified atom stereocenters. The smallest absolute Gasteiger partial charge is 0.138 e. The number of para-hydroxylation sites is 1. The summed E-state index contributed by atoms with van der Waals surface area (Å²) in [4.78, 5) is 7.24. The topological polar surface area (TPSA) is 37.9 Å². The van der Waals surface area contributed by atoms with Crippen LogP contribution in [0.5, 0.6) is 5.75 Å². The zero-order valence-corrected chi connectivity index (χ0v) is 9.26. The van der Waals surface area contributed by atoms with E-state index in [2.05, 4.69) is 22.1 Å². The first-order valence-electron chi connectivity index (χ1n) is 5.51. The fourth-order valence-electron chi connectivity index (χ4n) is 1.84. The Kier molecular flexibility index (Phi) is 2.50. The molecule has 0 saturated heterocycles. The molecule has 0 atom stereocenters. The lowest BCUT2D eigenvalue weighted by atomic mass is 10.2. The molecular formula is C14H12N2O. The average Bonchev–Trinajstić information content (AvgIpc) is 2.81. The molecule has 2 heterocycles. The van der Waals surface area contributed by atoms with Gasteiger partial charge in [-0.05, 0) is 18.2 Å². The Morgan fingerprint density at radius 3 is 2.94 bits per heavy atom. The quantitative estimate of drug-likeness (QED) is 0.742. The second-order valence-electron chi connectivity index (χ2n) is 3.84. The maximum absolute atomic E-state index is 5.68. The van der Waals surface area contributed by atoms with Gasteiger partial charge in [-0.3, -0.25) is 4.98 Å². The third kappa shape index (κ3) is 1.99. The lowest BCUT2D eigenvalue weighted by Crippen LogP contribution is -1.94. The summed E-state index contributed by atoms with van der Waals surface area (Å²) in [5.74, 6) is 0.790. The Hall–Kier alpha value is -2.29. The molecule has 0 saturated carbocycles. The van der Waals surface area contributed by atoms with E-state index < -0.39 is 0 Å². The van der Waals surface area contributed by atoms with Gasteiger partial charge in [0.25, 0.3) is 0 Å². The fraction of sp³-hybridized carbons (Fsp3) is 0.0714. The predicted molar refractivity (Wildman–Crippen MR) is 66.9 cm³/mol. The number of ether oxygens (including phenoxy) is 1. The SMILES string of the molecule is c1cncc(OCc2c[nH]c3ccccc23)c1. The number of aromatic amines is 1. The number of pyridine rings is 1. The Morgan fingerprint density at radius 1 is 1.12 bits per heavy atom. The van der Waals surface area contributed by atoms with Crippen LogP contribution in [-0.2, 0) is 6.61 Å². The van der Waals surface area contributed by atoms with Gasteiger partial charge in [-0.1, -0.05) is 18.2 Å². The standard InChI is InChI=1S/C14H12N2O/c1-2-6-14-13(5-1)11(8-16-14)10-17-12-4-3-7-15-9-12/h1-9,16H,10H2. The van der Waals surface area contributed by atoms with Crippen molar-refractivity contribution in [3.8, 4) is 5.75 Å². The second kappa shape index (κ2) is 4.29. The zero-order valence-electron chi connectivity index (χ0n) is 9.26. The van der Waals surface area contributed by atoms with Crippen molar-refractivity contribution in [1.29, 1.82) is 0 Å².